The summed E-state index contributed by atoms with van der Waals surface area (Å²) in [5.41, 5.74) is 1.66. The molecule has 0 spiro atoms. The molecule has 5 nitrogen and oxygen atoms in total. The molecule has 1 aromatic carbocycles. The van der Waals surface area contributed by atoms with E-state index in [1.165, 1.54) is 38.5 Å². The molecule has 2 N–H and O–H groups in total. The molecular weight excluding hydrogens is 326 g/mol. The van der Waals surface area contributed by atoms with Gasteiger partial charge in [-0.05, 0) is 42.7 Å². The summed E-state index contributed by atoms with van der Waals surface area (Å²) in [6, 6.07) is 11.7. The Morgan fingerprint density at radius 1 is 1.12 bits per heavy atom. The fourth-order valence-corrected chi connectivity index (χ4v) is 3.31. The average molecular weight is 353 g/mol. The van der Waals surface area contributed by atoms with E-state index in [1.54, 1.807) is 19.4 Å². The number of amides is 1. The molecule has 0 aliphatic heterocycles. The molecule has 5 heteroatoms. The number of benzene rings is 1. The van der Waals surface area contributed by atoms with Crippen LogP contribution in [0.1, 0.15) is 54.4 Å². The van der Waals surface area contributed by atoms with E-state index in [0.717, 1.165) is 17.1 Å². The Kier molecular flexibility index (Phi) is 6.47. The molecule has 1 heterocycles. The van der Waals surface area contributed by atoms with E-state index >= 15 is 0 Å². The lowest BCUT2D eigenvalue weighted by atomic mass is 10.1. The average Bonchev–Trinajstić information content (AvgIpc) is 2.95. The zero-order valence-corrected chi connectivity index (χ0v) is 15.3. The van der Waals surface area contributed by atoms with Gasteiger partial charge in [0.05, 0.1) is 7.11 Å². The third-order valence-corrected chi connectivity index (χ3v) is 4.84. The van der Waals surface area contributed by atoms with Crippen LogP contribution in [-0.4, -0.2) is 24.0 Å². The van der Waals surface area contributed by atoms with Crippen molar-refractivity contribution in [3.8, 4) is 5.75 Å². The van der Waals surface area contributed by atoms with Gasteiger partial charge in [-0.2, -0.15) is 0 Å². The summed E-state index contributed by atoms with van der Waals surface area (Å²) in [4.78, 5) is 16.8. The molecule has 0 unspecified atom stereocenters. The van der Waals surface area contributed by atoms with Gasteiger partial charge in [0.1, 0.15) is 11.6 Å². The van der Waals surface area contributed by atoms with E-state index in [2.05, 4.69) is 15.6 Å². The molecule has 3 rings (SSSR count). The van der Waals surface area contributed by atoms with Gasteiger partial charge in [0.15, 0.2) is 0 Å². The Labute approximate surface area is 155 Å². The highest BCUT2D eigenvalue weighted by Gasteiger charge is 2.13. The van der Waals surface area contributed by atoms with Crippen molar-refractivity contribution in [2.45, 2.75) is 51.1 Å². The Morgan fingerprint density at radius 2 is 1.85 bits per heavy atom. The third-order valence-electron chi connectivity index (χ3n) is 4.84. The summed E-state index contributed by atoms with van der Waals surface area (Å²) in [7, 11) is 1.64. The van der Waals surface area contributed by atoms with Crippen LogP contribution >= 0.6 is 0 Å². The van der Waals surface area contributed by atoms with Crippen LogP contribution < -0.4 is 15.4 Å². The molecule has 0 atom stereocenters. The summed E-state index contributed by atoms with van der Waals surface area (Å²) >= 11 is 0. The Balaban J connectivity index is 1.56. The Morgan fingerprint density at radius 3 is 2.54 bits per heavy atom. The molecule has 2 aromatic rings. The number of anilines is 1. The van der Waals surface area contributed by atoms with E-state index in [9.17, 15) is 4.79 Å². The monoisotopic (exact) mass is 353 g/mol. The summed E-state index contributed by atoms with van der Waals surface area (Å²) < 4.78 is 5.15. The standard InChI is InChI=1S/C21H27N3O2/c1-26-19-10-8-16(9-11-19)15-23-21(25)17-12-13-22-20(14-17)24-18-6-4-2-3-5-7-18/h8-14,18H,2-7,15H2,1H3,(H,22,24)(H,23,25). The van der Waals surface area contributed by atoms with Crippen molar-refractivity contribution in [2.75, 3.05) is 12.4 Å². The fraction of sp³-hybridized carbons (Fsp3) is 0.429. The lowest BCUT2D eigenvalue weighted by Crippen LogP contribution is -2.23. The minimum atomic E-state index is -0.0906. The van der Waals surface area contributed by atoms with Crippen molar-refractivity contribution in [3.63, 3.8) is 0 Å². The first kappa shape index (κ1) is 18.2. The van der Waals surface area contributed by atoms with Gasteiger partial charge >= 0.3 is 0 Å². The molecular formula is C21H27N3O2. The number of nitrogens with zero attached hydrogens (tertiary/aromatic N) is 1. The van der Waals surface area contributed by atoms with E-state index in [-0.39, 0.29) is 5.91 Å². The molecule has 1 aliphatic rings. The van der Waals surface area contributed by atoms with Crippen molar-refractivity contribution in [3.05, 3.63) is 53.7 Å². The van der Waals surface area contributed by atoms with Crippen LogP contribution in [0.2, 0.25) is 0 Å². The van der Waals surface area contributed by atoms with Gasteiger partial charge in [-0.3, -0.25) is 4.79 Å². The molecule has 1 aromatic heterocycles. The Hall–Kier alpha value is -2.56. The topological polar surface area (TPSA) is 63.2 Å². The highest BCUT2D eigenvalue weighted by molar-refractivity contribution is 5.94. The van der Waals surface area contributed by atoms with E-state index in [0.29, 0.717) is 18.2 Å². The molecule has 1 fully saturated rings. The number of ether oxygens (including phenoxy) is 1. The van der Waals surface area contributed by atoms with Crippen LogP contribution in [0.25, 0.3) is 0 Å². The molecule has 1 amide bonds. The van der Waals surface area contributed by atoms with Crippen molar-refractivity contribution in [1.29, 1.82) is 0 Å². The lowest BCUT2D eigenvalue weighted by molar-refractivity contribution is 0.0951. The number of methoxy groups -OCH3 is 1. The van der Waals surface area contributed by atoms with Gasteiger partial charge in [-0.25, -0.2) is 4.98 Å². The van der Waals surface area contributed by atoms with Gasteiger partial charge in [-0.15, -0.1) is 0 Å². The molecule has 1 aliphatic carbocycles. The molecule has 26 heavy (non-hydrogen) atoms. The maximum Gasteiger partial charge on any atom is 0.251 e. The maximum absolute atomic E-state index is 12.4. The normalized spacial score (nSPS) is 15.1. The zero-order valence-electron chi connectivity index (χ0n) is 15.3. The quantitative estimate of drug-likeness (QED) is 0.766. The molecule has 0 radical (unpaired) electrons. The Bertz CT molecular complexity index is 707. The highest BCUT2D eigenvalue weighted by atomic mass is 16.5. The van der Waals surface area contributed by atoms with Crippen LogP contribution in [0, 0.1) is 0 Å². The minimum Gasteiger partial charge on any atom is -0.497 e. The molecule has 1 saturated carbocycles. The number of nitrogens with one attached hydrogen (secondary N) is 2. The van der Waals surface area contributed by atoms with Crippen molar-refractivity contribution < 1.29 is 9.53 Å². The predicted octanol–water partition coefficient (Wildman–Crippen LogP) is 4.15. The second kappa shape index (κ2) is 9.22. The highest BCUT2D eigenvalue weighted by Crippen LogP contribution is 2.20. The number of carbonyl (C=O) groups is 1. The van der Waals surface area contributed by atoms with Crippen molar-refractivity contribution in [1.82, 2.24) is 10.3 Å². The number of carbonyl (C=O) groups excluding carboxylic acids is 1. The fourth-order valence-electron chi connectivity index (χ4n) is 3.31. The minimum absolute atomic E-state index is 0.0906. The van der Waals surface area contributed by atoms with Gasteiger partial charge in [0.25, 0.3) is 5.91 Å². The summed E-state index contributed by atoms with van der Waals surface area (Å²) in [5, 5.41) is 6.46. The number of hydrogen-bond donors (Lipinski definition) is 2. The molecule has 138 valence electrons. The number of aromatic nitrogens is 1. The van der Waals surface area contributed by atoms with Gasteiger partial charge in [0.2, 0.25) is 0 Å². The third kappa shape index (κ3) is 5.22. The number of pyridine rings is 1. The predicted molar refractivity (Wildman–Crippen MR) is 104 cm³/mol. The molecule has 0 bridgehead atoms. The second-order valence-electron chi connectivity index (χ2n) is 6.79. The van der Waals surface area contributed by atoms with Gasteiger partial charge in [0, 0.05) is 24.3 Å². The van der Waals surface area contributed by atoms with Crippen LogP contribution in [0.5, 0.6) is 5.75 Å². The van der Waals surface area contributed by atoms with E-state index in [1.807, 2.05) is 30.3 Å². The first-order valence-corrected chi connectivity index (χ1v) is 9.38. The van der Waals surface area contributed by atoms with Crippen molar-refractivity contribution >= 4 is 11.7 Å². The first-order valence-electron chi connectivity index (χ1n) is 9.38. The zero-order chi connectivity index (χ0) is 18.2. The van der Waals surface area contributed by atoms with E-state index in [4.69, 9.17) is 4.74 Å². The van der Waals surface area contributed by atoms with Crippen LogP contribution in [0.15, 0.2) is 42.6 Å². The summed E-state index contributed by atoms with van der Waals surface area (Å²) in [6.45, 7) is 0.483. The summed E-state index contributed by atoms with van der Waals surface area (Å²) in [5.74, 6) is 1.50. The van der Waals surface area contributed by atoms with Gasteiger partial charge < -0.3 is 15.4 Å². The van der Waals surface area contributed by atoms with Crippen LogP contribution in [0.4, 0.5) is 5.82 Å². The summed E-state index contributed by atoms with van der Waals surface area (Å²) in [6.07, 6.45) is 9.21. The van der Waals surface area contributed by atoms with Gasteiger partial charge in [-0.1, -0.05) is 37.8 Å². The first-order chi connectivity index (χ1) is 12.7. The maximum atomic E-state index is 12.4. The van der Waals surface area contributed by atoms with Crippen LogP contribution in [0.3, 0.4) is 0 Å². The lowest BCUT2D eigenvalue weighted by Gasteiger charge is -2.17. The largest absolute Gasteiger partial charge is 0.497 e. The van der Waals surface area contributed by atoms with E-state index < -0.39 is 0 Å². The molecule has 0 saturated heterocycles. The van der Waals surface area contributed by atoms with Crippen LogP contribution in [-0.2, 0) is 6.54 Å². The SMILES string of the molecule is COc1ccc(CNC(=O)c2ccnc(NC3CCCCCC3)c2)cc1. The number of rotatable bonds is 6. The smallest absolute Gasteiger partial charge is 0.251 e. The second-order valence-corrected chi connectivity index (χ2v) is 6.79. The van der Waals surface area contributed by atoms with Crippen molar-refractivity contribution in [2.24, 2.45) is 0 Å². The number of hydrogen-bond acceptors (Lipinski definition) is 4.